The zero-order chi connectivity index (χ0) is 4.50. The summed E-state index contributed by atoms with van der Waals surface area (Å²) < 4.78 is 0. The van der Waals surface area contributed by atoms with Crippen LogP contribution in [0.3, 0.4) is 0 Å². The number of hydrogen-bond acceptors (Lipinski definition) is 1. The van der Waals surface area contributed by atoms with Crippen molar-refractivity contribution in [3.05, 3.63) is 0 Å². The standard InChI is InChI=1S/ClH.Li.H3O3PS.H/c;;1-4(2,3)5;/h1H;;(H3,1,2,3,5);. The van der Waals surface area contributed by atoms with Gasteiger partial charge in [0.25, 0.3) is 0 Å². The van der Waals surface area contributed by atoms with Crippen molar-refractivity contribution in [2.75, 3.05) is 0 Å². The van der Waals surface area contributed by atoms with E-state index in [9.17, 15) is 0 Å². The van der Waals surface area contributed by atoms with Gasteiger partial charge in [-0.15, -0.1) is 12.4 Å². The summed E-state index contributed by atoms with van der Waals surface area (Å²) in [6.45, 7) is -3.81. The molecule has 0 rings (SSSR count). The third-order valence-electron chi connectivity index (χ3n) is 0. The van der Waals surface area contributed by atoms with Crippen molar-refractivity contribution >= 4 is 49.8 Å². The van der Waals surface area contributed by atoms with Crippen LogP contribution in [0, 0.1) is 0 Å². The summed E-state index contributed by atoms with van der Waals surface area (Å²) in [5.74, 6) is 0. The Balaban J connectivity index is -0.0000000800. The van der Waals surface area contributed by atoms with Crippen LogP contribution in [0.4, 0.5) is 0 Å². The minimum absolute atomic E-state index is 0. The van der Waals surface area contributed by atoms with Gasteiger partial charge in [-0.3, -0.25) is 0 Å². The fraction of sp³-hybridized carbons (Fsp3) is 0. The molecule has 0 heterocycles. The van der Waals surface area contributed by atoms with Gasteiger partial charge < -0.3 is 14.7 Å². The number of halogens is 1. The van der Waals surface area contributed by atoms with Gasteiger partial charge in [-0.05, 0) is 11.8 Å². The molecule has 0 aromatic heterocycles. The van der Waals surface area contributed by atoms with Gasteiger partial charge in [0.15, 0.2) is 0 Å². The van der Waals surface area contributed by atoms with Gasteiger partial charge in [-0.1, -0.05) is 0 Å². The molecule has 3 nitrogen and oxygen atoms in total. The first-order valence-corrected chi connectivity index (χ1v) is 3.44. The molecule has 0 aromatic carbocycles. The molecule has 7 heavy (non-hydrogen) atoms. The molecule has 0 saturated heterocycles. The molecule has 0 atom stereocenters. The van der Waals surface area contributed by atoms with Gasteiger partial charge in [-0.2, -0.15) is 0 Å². The van der Waals surface area contributed by atoms with E-state index in [4.69, 9.17) is 14.7 Å². The summed E-state index contributed by atoms with van der Waals surface area (Å²) in [5.41, 5.74) is 0. The normalized spacial score (nSPS) is 8.43. The quantitative estimate of drug-likeness (QED) is 0.311. The van der Waals surface area contributed by atoms with Gasteiger partial charge in [0.05, 0.1) is 0 Å². The first-order valence-electron chi connectivity index (χ1n) is 0.783. The Hall–Kier alpha value is 1.42. The first-order chi connectivity index (χ1) is 2.00. The van der Waals surface area contributed by atoms with Crippen LogP contribution in [0.5, 0.6) is 0 Å². The average molecular weight is 158 g/mol. The van der Waals surface area contributed by atoms with E-state index in [1.807, 2.05) is 0 Å². The predicted octanol–water partition coefficient (Wildman–Crippen LogP) is -1.04. The third kappa shape index (κ3) is 108. The Bertz CT molecular complexity index is 61.1. The Morgan fingerprint density at radius 3 is 1.14 bits per heavy atom. The van der Waals surface area contributed by atoms with Crippen molar-refractivity contribution in [3.63, 3.8) is 0 Å². The van der Waals surface area contributed by atoms with E-state index in [1.54, 1.807) is 0 Å². The molecule has 42 valence electrons. The maximum absolute atomic E-state index is 7.56. The molecule has 0 aliphatic heterocycles. The zero-order valence-corrected chi connectivity index (χ0v) is 5.13. The molecule has 0 amide bonds. The molecular formula is H5ClLiO3PS. The Kier molecular flexibility index (Phi) is 12.5. The van der Waals surface area contributed by atoms with Crippen LogP contribution in [0.15, 0.2) is 0 Å². The van der Waals surface area contributed by atoms with Gasteiger partial charge in [0.1, 0.15) is 0 Å². The van der Waals surface area contributed by atoms with Crippen LogP contribution in [0.1, 0.15) is 0 Å². The molecule has 0 radical (unpaired) electrons. The summed E-state index contributed by atoms with van der Waals surface area (Å²) in [4.78, 5) is 22.7. The number of rotatable bonds is 0. The summed E-state index contributed by atoms with van der Waals surface area (Å²) in [5, 5.41) is 0. The predicted molar refractivity (Wildman–Crippen MR) is 35.3 cm³/mol. The third-order valence-corrected chi connectivity index (χ3v) is 0. The molecular weight excluding hydrogens is 153 g/mol. The molecule has 0 bridgehead atoms. The van der Waals surface area contributed by atoms with Crippen molar-refractivity contribution in [1.29, 1.82) is 0 Å². The Morgan fingerprint density at radius 2 is 1.14 bits per heavy atom. The fourth-order valence-corrected chi connectivity index (χ4v) is 0. The number of hydrogen-bond donors (Lipinski definition) is 3. The van der Waals surface area contributed by atoms with Gasteiger partial charge in [0.2, 0.25) is 0 Å². The topological polar surface area (TPSA) is 60.7 Å². The fourth-order valence-electron chi connectivity index (χ4n) is 0. The second kappa shape index (κ2) is 5.55. The summed E-state index contributed by atoms with van der Waals surface area (Å²) in [6, 6.07) is 0. The molecule has 0 aromatic rings. The van der Waals surface area contributed by atoms with E-state index in [-0.39, 0.29) is 31.3 Å². The van der Waals surface area contributed by atoms with Crippen molar-refractivity contribution in [3.8, 4) is 0 Å². The van der Waals surface area contributed by atoms with Crippen LogP contribution in [-0.2, 0) is 11.8 Å². The van der Waals surface area contributed by atoms with Crippen LogP contribution >= 0.6 is 19.1 Å². The van der Waals surface area contributed by atoms with Crippen LogP contribution in [0.25, 0.3) is 0 Å². The van der Waals surface area contributed by atoms with Gasteiger partial charge >= 0.3 is 25.6 Å². The van der Waals surface area contributed by atoms with Crippen molar-refractivity contribution < 1.29 is 14.7 Å². The van der Waals surface area contributed by atoms with E-state index in [2.05, 4.69) is 11.8 Å². The SMILES string of the molecule is Cl.OP(O)(O)=S.[LiH]. The monoisotopic (exact) mass is 158 g/mol. The molecule has 0 fully saturated rings. The Morgan fingerprint density at radius 1 is 1.14 bits per heavy atom. The van der Waals surface area contributed by atoms with Gasteiger partial charge in [0, 0.05) is 0 Å². The second-order valence-corrected chi connectivity index (χ2v) is 3.01. The van der Waals surface area contributed by atoms with Crippen molar-refractivity contribution in [2.45, 2.75) is 0 Å². The molecule has 0 unspecified atom stereocenters. The van der Waals surface area contributed by atoms with Gasteiger partial charge in [-0.25, -0.2) is 0 Å². The van der Waals surface area contributed by atoms with E-state index in [0.717, 1.165) is 0 Å². The molecule has 0 aliphatic carbocycles. The second-order valence-electron chi connectivity index (χ2n) is 0.513. The Labute approximate surface area is 64.6 Å². The van der Waals surface area contributed by atoms with Crippen LogP contribution in [-0.4, -0.2) is 33.5 Å². The molecule has 7 heteroatoms. The summed E-state index contributed by atoms with van der Waals surface area (Å²) in [7, 11) is 0. The minimum atomic E-state index is -3.81. The van der Waals surface area contributed by atoms with E-state index < -0.39 is 6.72 Å². The molecule has 3 N–H and O–H groups in total. The van der Waals surface area contributed by atoms with Crippen LogP contribution < -0.4 is 0 Å². The summed E-state index contributed by atoms with van der Waals surface area (Å²) >= 11 is 3.60. The van der Waals surface area contributed by atoms with E-state index in [1.165, 1.54) is 0 Å². The molecule has 0 saturated carbocycles. The molecule has 0 aliphatic rings. The zero-order valence-electron chi connectivity index (χ0n) is 2.61. The van der Waals surface area contributed by atoms with Crippen molar-refractivity contribution in [1.82, 2.24) is 0 Å². The first kappa shape index (κ1) is 15.8. The molecule has 0 spiro atoms. The van der Waals surface area contributed by atoms with Crippen molar-refractivity contribution in [2.24, 2.45) is 0 Å². The van der Waals surface area contributed by atoms with E-state index >= 15 is 0 Å². The maximum atomic E-state index is 7.56. The van der Waals surface area contributed by atoms with Crippen LogP contribution in [0.2, 0.25) is 0 Å². The summed E-state index contributed by atoms with van der Waals surface area (Å²) in [6.07, 6.45) is 0. The average Bonchev–Trinajstić information content (AvgIpc) is 0.722. The van der Waals surface area contributed by atoms with E-state index in [0.29, 0.717) is 0 Å².